The van der Waals surface area contributed by atoms with Crippen LogP contribution in [0.4, 0.5) is 0 Å². The maximum absolute atomic E-state index is 11.8. The summed E-state index contributed by atoms with van der Waals surface area (Å²) in [6.45, 7) is -0.0539. The van der Waals surface area contributed by atoms with E-state index in [2.05, 4.69) is 0 Å². The van der Waals surface area contributed by atoms with Gasteiger partial charge in [0.1, 0.15) is 12.0 Å². The highest BCUT2D eigenvalue weighted by Crippen LogP contribution is 2.21. The number of fused-ring (bicyclic) bond motifs is 1. The molecule has 0 spiro atoms. The summed E-state index contributed by atoms with van der Waals surface area (Å²) in [6, 6.07) is 6.25. The second kappa shape index (κ2) is 4.83. The summed E-state index contributed by atoms with van der Waals surface area (Å²) in [5.41, 5.74) is 0.431. The standard InChI is InChI=1S/C13H11NO4/c1-18-10-2-3-11-9(8-16)6-13(17)14(4-5-15)12(11)7-10/h2-3,5-8H,4H2,1H3. The second-order valence-electron chi connectivity index (χ2n) is 3.72. The highest BCUT2D eigenvalue weighted by Gasteiger charge is 2.09. The SMILES string of the molecule is COc1ccc2c(C=O)cc(=O)n(CC=O)c2c1. The monoisotopic (exact) mass is 245 g/mol. The molecule has 1 aromatic heterocycles. The lowest BCUT2D eigenvalue weighted by atomic mass is 10.1. The molecule has 0 saturated carbocycles. The molecule has 2 aromatic rings. The van der Waals surface area contributed by atoms with Crippen LogP contribution in [0, 0.1) is 0 Å². The number of pyridine rings is 1. The van der Waals surface area contributed by atoms with Gasteiger partial charge < -0.3 is 14.1 Å². The summed E-state index contributed by atoms with van der Waals surface area (Å²) in [7, 11) is 1.51. The van der Waals surface area contributed by atoms with E-state index in [1.807, 2.05) is 0 Å². The Morgan fingerprint density at radius 2 is 2.06 bits per heavy atom. The van der Waals surface area contributed by atoms with E-state index in [1.54, 1.807) is 18.2 Å². The zero-order valence-corrected chi connectivity index (χ0v) is 9.75. The molecule has 0 saturated heterocycles. The van der Waals surface area contributed by atoms with Crippen molar-refractivity contribution < 1.29 is 14.3 Å². The number of carbonyl (C=O) groups is 2. The van der Waals surface area contributed by atoms with E-state index in [9.17, 15) is 14.4 Å². The van der Waals surface area contributed by atoms with Gasteiger partial charge in [0.05, 0.1) is 19.2 Å². The van der Waals surface area contributed by atoms with Crippen LogP contribution in [-0.4, -0.2) is 24.2 Å². The van der Waals surface area contributed by atoms with Crippen molar-refractivity contribution in [3.63, 3.8) is 0 Å². The number of hydrogen-bond donors (Lipinski definition) is 0. The fourth-order valence-corrected chi connectivity index (χ4v) is 1.87. The van der Waals surface area contributed by atoms with Gasteiger partial charge in [0.25, 0.3) is 5.56 Å². The lowest BCUT2D eigenvalue weighted by molar-refractivity contribution is -0.108. The van der Waals surface area contributed by atoms with Gasteiger partial charge in [-0.3, -0.25) is 9.59 Å². The van der Waals surface area contributed by atoms with Crippen molar-refractivity contribution in [3.8, 4) is 5.75 Å². The molecule has 0 unspecified atom stereocenters. The topological polar surface area (TPSA) is 65.4 Å². The third-order valence-corrected chi connectivity index (χ3v) is 2.74. The molecule has 0 aliphatic carbocycles. The average molecular weight is 245 g/mol. The van der Waals surface area contributed by atoms with Crippen LogP contribution < -0.4 is 10.3 Å². The summed E-state index contributed by atoms with van der Waals surface area (Å²) in [4.78, 5) is 33.4. The van der Waals surface area contributed by atoms with Crippen LogP contribution in [-0.2, 0) is 11.3 Å². The first-order valence-corrected chi connectivity index (χ1v) is 5.31. The van der Waals surface area contributed by atoms with Crippen molar-refractivity contribution >= 4 is 23.5 Å². The normalized spacial score (nSPS) is 10.3. The van der Waals surface area contributed by atoms with E-state index in [4.69, 9.17) is 4.74 Å². The zero-order chi connectivity index (χ0) is 13.1. The molecule has 0 radical (unpaired) electrons. The van der Waals surface area contributed by atoms with E-state index in [0.29, 0.717) is 34.8 Å². The molecule has 0 N–H and O–H groups in total. The predicted octanol–water partition coefficient (Wildman–Crippen LogP) is 1.02. The van der Waals surface area contributed by atoms with Crippen LogP contribution in [0.25, 0.3) is 10.9 Å². The summed E-state index contributed by atoms with van der Waals surface area (Å²) >= 11 is 0. The molecule has 2 rings (SSSR count). The van der Waals surface area contributed by atoms with Crippen LogP contribution in [0.2, 0.25) is 0 Å². The minimum atomic E-state index is -0.384. The van der Waals surface area contributed by atoms with E-state index in [0.717, 1.165) is 0 Å². The van der Waals surface area contributed by atoms with Crippen LogP contribution in [0.1, 0.15) is 10.4 Å². The van der Waals surface area contributed by atoms with Gasteiger partial charge in [-0.15, -0.1) is 0 Å². The van der Waals surface area contributed by atoms with Gasteiger partial charge in [-0.2, -0.15) is 0 Å². The van der Waals surface area contributed by atoms with E-state index < -0.39 is 0 Å². The molecule has 92 valence electrons. The first-order valence-electron chi connectivity index (χ1n) is 5.31. The van der Waals surface area contributed by atoms with Gasteiger partial charge in [0.2, 0.25) is 0 Å². The van der Waals surface area contributed by atoms with Crippen LogP contribution in [0.5, 0.6) is 5.75 Å². The number of aromatic nitrogens is 1. The maximum Gasteiger partial charge on any atom is 0.252 e. The number of nitrogens with zero attached hydrogens (tertiary/aromatic N) is 1. The summed E-state index contributed by atoms with van der Waals surface area (Å²) in [5, 5.41) is 0.618. The number of aldehydes is 2. The fourth-order valence-electron chi connectivity index (χ4n) is 1.87. The molecule has 5 nitrogen and oxygen atoms in total. The Hall–Kier alpha value is -2.43. The second-order valence-corrected chi connectivity index (χ2v) is 3.72. The third kappa shape index (κ3) is 1.90. The lowest BCUT2D eigenvalue weighted by Gasteiger charge is -2.10. The van der Waals surface area contributed by atoms with Crippen LogP contribution in [0.15, 0.2) is 29.1 Å². The molecule has 18 heavy (non-hydrogen) atoms. The quantitative estimate of drug-likeness (QED) is 0.754. The highest BCUT2D eigenvalue weighted by molar-refractivity contribution is 5.97. The van der Waals surface area contributed by atoms with Crippen molar-refractivity contribution in [2.45, 2.75) is 6.54 Å². The first kappa shape index (κ1) is 12.0. The van der Waals surface area contributed by atoms with Gasteiger partial charge in [0, 0.05) is 23.1 Å². The molecule has 0 aliphatic heterocycles. The number of ether oxygens (including phenoxy) is 1. The zero-order valence-electron chi connectivity index (χ0n) is 9.75. The number of rotatable bonds is 4. The minimum absolute atomic E-state index is 0.0539. The van der Waals surface area contributed by atoms with Gasteiger partial charge >= 0.3 is 0 Å². The molecule has 0 fully saturated rings. The van der Waals surface area contributed by atoms with Gasteiger partial charge in [-0.1, -0.05) is 0 Å². The number of methoxy groups -OCH3 is 1. The van der Waals surface area contributed by atoms with Crippen molar-refractivity contribution in [2.24, 2.45) is 0 Å². The van der Waals surface area contributed by atoms with Crippen LogP contribution in [0.3, 0.4) is 0 Å². The maximum atomic E-state index is 11.8. The summed E-state index contributed by atoms with van der Waals surface area (Å²) < 4.78 is 6.38. The third-order valence-electron chi connectivity index (χ3n) is 2.74. The summed E-state index contributed by atoms with van der Waals surface area (Å²) in [6.07, 6.45) is 1.27. The van der Waals surface area contributed by atoms with E-state index >= 15 is 0 Å². The Labute approximate surface area is 103 Å². The first-order chi connectivity index (χ1) is 8.71. The molecule has 0 aliphatic rings. The van der Waals surface area contributed by atoms with Crippen molar-refractivity contribution in [1.82, 2.24) is 4.57 Å². The number of benzene rings is 1. The molecule has 1 heterocycles. The van der Waals surface area contributed by atoms with Gasteiger partial charge in [0.15, 0.2) is 6.29 Å². The van der Waals surface area contributed by atoms with Crippen molar-refractivity contribution in [1.29, 1.82) is 0 Å². The largest absolute Gasteiger partial charge is 0.497 e. The smallest absolute Gasteiger partial charge is 0.252 e. The van der Waals surface area contributed by atoms with Crippen molar-refractivity contribution in [2.75, 3.05) is 7.11 Å². The van der Waals surface area contributed by atoms with Gasteiger partial charge in [-0.25, -0.2) is 0 Å². The molecular formula is C13H11NO4. The molecule has 1 aromatic carbocycles. The molecule has 0 amide bonds. The van der Waals surface area contributed by atoms with Crippen LogP contribution >= 0.6 is 0 Å². The Morgan fingerprint density at radius 3 is 2.67 bits per heavy atom. The molecule has 0 atom stereocenters. The molecule has 0 bridgehead atoms. The Kier molecular flexibility index (Phi) is 3.23. The van der Waals surface area contributed by atoms with Crippen molar-refractivity contribution in [3.05, 3.63) is 40.2 Å². The minimum Gasteiger partial charge on any atom is -0.497 e. The van der Waals surface area contributed by atoms with E-state index in [-0.39, 0.29) is 12.1 Å². The molecule has 5 heteroatoms. The highest BCUT2D eigenvalue weighted by atomic mass is 16.5. The predicted molar refractivity (Wildman–Crippen MR) is 66.2 cm³/mol. The fraction of sp³-hybridized carbons (Fsp3) is 0.154. The Morgan fingerprint density at radius 1 is 1.28 bits per heavy atom. The number of carbonyl (C=O) groups excluding carboxylic acids is 2. The molecular weight excluding hydrogens is 234 g/mol. The lowest BCUT2D eigenvalue weighted by Crippen LogP contribution is -2.21. The Balaban J connectivity index is 2.89. The van der Waals surface area contributed by atoms with E-state index in [1.165, 1.54) is 17.7 Å². The summed E-state index contributed by atoms with van der Waals surface area (Å²) in [5.74, 6) is 0.560. The number of hydrogen-bond acceptors (Lipinski definition) is 4. The Bertz CT molecular complexity index is 672. The van der Waals surface area contributed by atoms with Gasteiger partial charge in [-0.05, 0) is 12.1 Å². The average Bonchev–Trinajstić information content (AvgIpc) is 2.41.